The largest absolute Gasteiger partial charge is 0.444 e. The number of aromatic amines is 1. The first-order valence-corrected chi connectivity index (χ1v) is 12.8. The quantitative estimate of drug-likeness (QED) is 0.510. The van der Waals surface area contributed by atoms with Crippen LogP contribution in [0.25, 0.3) is 21.7 Å². The fourth-order valence-corrected chi connectivity index (χ4v) is 5.80. The lowest BCUT2D eigenvalue weighted by molar-refractivity contribution is -0.128. The van der Waals surface area contributed by atoms with E-state index in [2.05, 4.69) is 22.4 Å². The van der Waals surface area contributed by atoms with Crippen LogP contribution in [0.1, 0.15) is 51.2 Å². The minimum atomic E-state index is -0.843. The van der Waals surface area contributed by atoms with Crippen LogP contribution in [0.4, 0.5) is 4.79 Å². The summed E-state index contributed by atoms with van der Waals surface area (Å²) in [4.78, 5) is 43.4. The first-order chi connectivity index (χ1) is 18.1. The highest BCUT2D eigenvalue weighted by atomic mass is 16.6. The third-order valence-corrected chi connectivity index (χ3v) is 7.39. The molecule has 194 valence electrons. The van der Waals surface area contributed by atoms with Crippen molar-refractivity contribution >= 4 is 33.7 Å². The van der Waals surface area contributed by atoms with Crippen LogP contribution in [0.2, 0.25) is 0 Å². The molecule has 1 saturated carbocycles. The number of benzene rings is 2. The molecule has 9 heteroatoms. The van der Waals surface area contributed by atoms with Crippen molar-refractivity contribution < 1.29 is 14.3 Å². The molecule has 2 amide bonds. The lowest BCUT2D eigenvalue weighted by Gasteiger charge is -2.35. The Balaban J connectivity index is 1.37. The highest BCUT2D eigenvalue weighted by Crippen LogP contribution is 2.43. The Hall–Kier alpha value is -4.37. The summed E-state index contributed by atoms with van der Waals surface area (Å²) in [5, 5.41) is 23.8. The van der Waals surface area contributed by atoms with E-state index in [0.717, 1.165) is 24.6 Å². The molecule has 2 aliphatic rings. The van der Waals surface area contributed by atoms with Gasteiger partial charge in [-0.3, -0.25) is 14.5 Å². The van der Waals surface area contributed by atoms with Gasteiger partial charge in [0.15, 0.2) is 0 Å². The van der Waals surface area contributed by atoms with E-state index in [1.807, 2.05) is 6.07 Å². The van der Waals surface area contributed by atoms with Gasteiger partial charge in [-0.1, -0.05) is 12.1 Å². The second-order valence-corrected chi connectivity index (χ2v) is 11.2. The van der Waals surface area contributed by atoms with Crippen molar-refractivity contribution in [3.8, 4) is 12.1 Å². The van der Waals surface area contributed by atoms with E-state index in [-0.39, 0.29) is 29.8 Å². The molecule has 2 heterocycles. The molecular weight excluding hydrogens is 482 g/mol. The number of piperidine rings is 1. The number of likely N-dealkylation sites (tertiary alicyclic amines) is 1. The fourth-order valence-electron chi connectivity index (χ4n) is 5.80. The number of amides is 2. The van der Waals surface area contributed by atoms with Crippen LogP contribution in [0.3, 0.4) is 0 Å². The van der Waals surface area contributed by atoms with Gasteiger partial charge in [0.25, 0.3) is 5.56 Å². The van der Waals surface area contributed by atoms with Crippen LogP contribution in [-0.2, 0) is 16.0 Å². The molecule has 2 N–H and O–H groups in total. The number of ether oxygens (including phenoxy) is 1. The molecule has 5 rings (SSSR count). The molecule has 0 radical (unpaired) electrons. The molecule has 2 bridgehead atoms. The summed E-state index contributed by atoms with van der Waals surface area (Å²) in [7, 11) is 0. The summed E-state index contributed by atoms with van der Waals surface area (Å²) in [6, 6.07) is 13.2. The Bertz CT molecular complexity index is 1590. The lowest BCUT2D eigenvalue weighted by atomic mass is 9.96. The Morgan fingerprint density at radius 3 is 2.63 bits per heavy atom. The van der Waals surface area contributed by atoms with Crippen molar-refractivity contribution in [3.05, 3.63) is 57.9 Å². The predicted molar refractivity (Wildman–Crippen MR) is 141 cm³/mol. The minimum Gasteiger partial charge on any atom is -0.444 e. The molecule has 0 spiro atoms. The number of carbonyl (C=O) groups excluding carboxylic acids is 2. The summed E-state index contributed by atoms with van der Waals surface area (Å²) in [5.41, 5.74) is 0.888. The first-order valence-electron chi connectivity index (χ1n) is 12.8. The molecule has 9 nitrogen and oxygen atoms in total. The van der Waals surface area contributed by atoms with Crippen molar-refractivity contribution in [2.45, 2.75) is 70.2 Å². The topological polar surface area (TPSA) is 139 Å². The van der Waals surface area contributed by atoms with Gasteiger partial charge >= 0.3 is 6.09 Å². The molecule has 1 aliphatic carbocycles. The number of aromatic nitrogens is 1. The lowest BCUT2D eigenvalue weighted by Crippen LogP contribution is -2.55. The van der Waals surface area contributed by atoms with Crippen molar-refractivity contribution in [1.82, 2.24) is 15.2 Å². The minimum absolute atomic E-state index is 0.0327. The third kappa shape index (κ3) is 4.68. The number of nitrogens with zero attached hydrogens (tertiary/aromatic N) is 3. The monoisotopic (exact) mass is 511 g/mol. The van der Waals surface area contributed by atoms with Crippen LogP contribution in [0.15, 0.2) is 41.2 Å². The van der Waals surface area contributed by atoms with E-state index in [1.165, 1.54) is 0 Å². The molecule has 4 unspecified atom stereocenters. The highest BCUT2D eigenvalue weighted by Gasteiger charge is 2.52. The average molecular weight is 512 g/mol. The first kappa shape index (κ1) is 25.3. The summed E-state index contributed by atoms with van der Waals surface area (Å²) in [6.07, 6.45) is 2.14. The standard InChI is InChI=1S/C29H29N5O4/c1-29(2,3)38-28(37)34-20-7-6-18(13-20)25(34)27(36)32-19(15-31)10-16-4-8-21-22-12-17(14-30)5-9-24(22)33-26(35)23(21)11-16/h4-5,8-9,11-12,18-20,25H,6-7,10,13H2,1-3H3,(H,32,36)(H,33,35). The number of pyridine rings is 1. The van der Waals surface area contributed by atoms with Gasteiger partial charge in [-0.05, 0) is 81.2 Å². The van der Waals surface area contributed by atoms with E-state index in [1.54, 1.807) is 56.0 Å². The van der Waals surface area contributed by atoms with Gasteiger partial charge in [-0.15, -0.1) is 0 Å². The highest BCUT2D eigenvalue weighted by molar-refractivity contribution is 6.05. The number of nitrogens with one attached hydrogen (secondary N) is 2. The van der Waals surface area contributed by atoms with Crippen molar-refractivity contribution in [3.63, 3.8) is 0 Å². The zero-order chi connectivity index (χ0) is 27.2. The maximum atomic E-state index is 13.4. The zero-order valence-corrected chi connectivity index (χ0v) is 21.6. The second kappa shape index (κ2) is 9.50. The van der Waals surface area contributed by atoms with Crippen molar-refractivity contribution in [2.75, 3.05) is 0 Å². The molecule has 1 saturated heterocycles. The van der Waals surface area contributed by atoms with Gasteiger partial charge in [0.2, 0.25) is 5.91 Å². The van der Waals surface area contributed by atoms with Crippen LogP contribution in [-0.4, -0.2) is 45.6 Å². The van der Waals surface area contributed by atoms with E-state index in [9.17, 15) is 24.9 Å². The molecule has 4 atom stereocenters. The number of H-pyrrole nitrogens is 1. The number of hydrogen-bond acceptors (Lipinski definition) is 6. The van der Waals surface area contributed by atoms with Crippen molar-refractivity contribution in [2.24, 2.45) is 5.92 Å². The van der Waals surface area contributed by atoms with E-state index < -0.39 is 23.8 Å². The normalized spacial score (nSPS) is 21.2. The Morgan fingerprint density at radius 2 is 1.92 bits per heavy atom. The van der Waals surface area contributed by atoms with E-state index >= 15 is 0 Å². The van der Waals surface area contributed by atoms with Gasteiger partial charge in [0, 0.05) is 28.8 Å². The zero-order valence-electron chi connectivity index (χ0n) is 21.6. The molecule has 1 aliphatic heterocycles. The summed E-state index contributed by atoms with van der Waals surface area (Å²) in [6.45, 7) is 5.37. The average Bonchev–Trinajstić information content (AvgIpc) is 3.49. The molecule has 38 heavy (non-hydrogen) atoms. The maximum Gasteiger partial charge on any atom is 0.411 e. The van der Waals surface area contributed by atoms with Crippen LogP contribution in [0.5, 0.6) is 0 Å². The Morgan fingerprint density at radius 1 is 1.13 bits per heavy atom. The fraction of sp³-hybridized carbons (Fsp3) is 0.414. The summed E-state index contributed by atoms with van der Waals surface area (Å²) < 4.78 is 5.57. The van der Waals surface area contributed by atoms with Gasteiger partial charge in [0.05, 0.1) is 17.7 Å². The van der Waals surface area contributed by atoms with Crippen LogP contribution < -0.4 is 10.9 Å². The van der Waals surface area contributed by atoms with Crippen LogP contribution in [0, 0.1) is 28.6 Å². The summed E-state index contributed by atoms with van der Waals surface area (Å²) >= 11 is 0. The van der Waals surface area contributed by atoms with Gasteiger partial charge in [0.1, 0.15) is 17.7 Å². The summed E-state index contributed by atoms with van der Waals surface area (Å²) in [5.74, 6) is -0.319. The van der Waals surface area contributed by atoms with E-state index in [0.29, 0.717) is 27.4 Å². The Kier molecular flexibility index (Phi) is 6.32. The van der Waals surface area contributed by atoms with E-state index in [4.69, 9.17) is 4.74 Å². The number of nitriles is 2. The van der Waals surface area contributed by atoms with Gasteiger partial charge in [-0.2, -0.15) is 10.5 Å². The molecular formula is C29H29N5O4. The van der Waals surface area contributed by atoms with Gasteiger partial charge < -0.3 is 15.0 Å². The van der Waals surface area contributed by atoms with Crippen LogP contribution >= 0.6 is 0 Å². The number of hydrogen-bond donors (Lipinski definition) is 2. The molecule has 2 fully saturated rings. The third-order valence-electron chi connectivity index (χ3n) is 7.39. The molecule has 2 aromatic carbocycles. The van der Waals surface area contributed by atoms with Gasteiger partial charge in [-0.25, -0.2) is 4.79 Å². The SMILES string of the molecule is CC(C)(C)OC(=O)N1C2CCC(C2)C1C(=O)NC(C#N)Cc1ccc2c(c1)c(=O)[nH]c1ccc(C#N)cc12. The second-order valence-electron chi connectivity index (χ2n) is 11.2. The number of rotatable bonds is 4. The molecule has 1 aromatic heterocycles. The smallest absolute Gasteiger partial charge is 0.411 e. The number of carbonyl (C=O) groups is 2. The van der Waals surface area contributed by atoms with Crippen molar-refractivity contribution in [1.29, 1.82) is 10.5 Å². The Labute approximate surface area is 220 Å². The molecule has 3 aromatic rings. The maximum absolute atomic E-state index is 13.4. The predicted octanol–water partition coefficient (Wildman–Crippen LogP) is 3.89. The number of fused-ring (bicyclic) bond motifs is 5.